The van der Waals surface area contributed by atoms with Crippen LogP contribution in [-0.4, -0.2) is 40.1 Å². The number of carbonyl (C=O) groups is 1. The Kier molecular flexibility index (Phi) is 5.46. The van der Waals surface area contributed by atoms with E-state index < -0.39 is 11.5 Å². The van der Waals surface area contributed by atoms with E-state index >= 15 is 0 Å². The van der Waals surface area contributed by atoms with E-state index in [1.807, 2.05) is 0 Å². The minimum atomic E-state index is -0.417. The zero-order valence-corrected chi connectivity index (χ0v) is 15.7. The number of aromatic nitrogens is 4. The lowest BCUT2D eigenvalue weighted by atomic mass is 10.1. The molecule has 0 saturated carbocycles. The quantitative estimate of drug-likeness (QED) is 0.686. The first kappa shape index (κ1) is 18.5. The highest BCUT2D eigenvalue weighted by molar-refractivity contribution is 7.15. The highest BCUT2D eigenvalue weighted by atomic mass is 32.1. The summed E-state index contributed by atoms with van der Waals surface area (Å²) in [5.41, 5.74) is 0.774. The Labute approximate surface area is 158 Å². The number of hydrogen-bond acceptors (Lipinski definition) is 8. The van der Waals surface area contributed by atoms with Crippen LogP contribution in [0.25, 0.3) is 11.3 Å². The number of hydrogen-bond donors (Lipinski definition) is 1. The summed E-state index contributed by atoms with van der Waals surface area (Å²) in [6.07, 6.45) is 0. The van der Waals surface area contributed by atoms with Crippen LogP contribution >= 0.6 is 11.3 Å². The standard InChI is InChI=1S/C17H17N5O4S/c1-10-19-20-17(27-10)18-15(23)9-22-16(24)7-6-13(21-22)12-5-4-11(25-2)8-14(12)26-3/h4-8H,9H2,1-3H3,(H,18,20,23). The zero-order valence-electron chi connectivity index (χ0n) is 14.9. The van der Waals surface area contributed by atoms with Crippen LogP contribution in [0.1, 0.15) is 5.01 Å². The molecule has 0 fully saturated rings. The van der Waals surface area contributed by atoms with E-state index in [-0.39, 0.29) is 6.54 Å². The van der Waals surface area contributed by atoms with Gasteiger partial charge in [0, 0.05) is 17.7 Å². The highest BCUT2D eigenvalue weighted by Crippen LogP contribution is 2.31. The topological polar surface area (TPSA) is 108 Å². The van der Waals surface area contributed by atoms with Gasteiger partial charge >= 0.3 is 0 Å². The van der Waals surface area contributed by atoms with Crippen LogP contribution in [0.3, 0.4) is 0 Å². The van der Waals surface area contributed by atoms with Gasteiger partial charge in [-0.2, -0.15) is 5.10 Å². The summed E-state index contributed by atoms with van der Waals surface area (Å²) in [6, 6.07) is 8.19. The Morgan fingerprint density at radius 3 is 2.67 bits per heavy atom. The molecule has 140 valence electrons. The second kappa shape index (κ2) is 7.96. The maximum atomic E-state index is 12.2. The predicted octanol–water partition coefficient (Wildman–Crippen LogP) is 1.73. The number of benzene rings is 1. The van der Waals surface area contributed by atoms with Gasteiger partial charge in [0.15, 0.2) is 0 Å². The van der Waals surface area contributed by atoms with Gasteiger partial charge in [0.05, 0.1) is 19.9 Å². The van der Waals surface area contributed by atoms with E-state index in [4.69, 9.17) is 9.47 Å². The fraction of sp³-hybridized carbons (Fsp3) is 0.235. The summed E-state index contributed by atoms with van der Waals surface area (Å²) >= 11 is 1.25. The van der Waals surface area contributed by atoms with E-state index in [9.17, 15) is 9.59 Å². The number of nitrogens with one attached hydrogen (secondary N) is 1. The first-order valence-electron chi connectivity index (χ1n) is 7.90. The average Bonchev–Trinajstić information content (AvgIpc) is 3.07. The molecule has 1 N–H and O–H groups in total. The van der Waals surface area contributed by atoms with Gasteiger partial charge in [-0.15, -0.1) is 10.2 Å². The Balaban J connectivity index is 1.86. The van der Waals surface area contributed by atoms with E-state index in [1.165, 1.54) is 24.5 Å². The number of rotatable bonds is 6. The molecule has 0 spiro atoms. The molecule has 10 heteroatoms. The summed E-state index contributed by atoms with van der Waals surface area (Å²) in [6.45, 7) is 1.54. The Bertz CT molecular complexity index is 1030. The van der Waals surface area contributed by atoms with E-state index in [1.54, 1.807) is 38.3 Å². The van der Waals surface area contributed by atoms with Crippen molar-refractivity contribution >= 4 is 22.4 Å². The first-order chi connectivity index (χ1) is 13.0. The number of aryl methyl sites for hydroxylation is 1. The van der Waals surface area contributed by atoms with Gasteiger partial charge in [-0.1, -0.05) is 11.3 Å². The molecule has 0 saturated heterocycles. The van der Waals surface area contributed by atoms with Crippen molar-refractivity contribution in [1.29, 1.82) is 0 Å². The average molecular weight is 387 g/mol. The van der Waals surface area contributed by atoms with Crippen molar-refractivity contribution < 1.29 is 14.3 Å². The van der Waals surface area contributed by atoms with Gasteiger partial charge < -0.3 is 9.47 Å². The van der Waals surface area contributed by atoms with E-state index in [0.717, 1.165) is 9.69 Å². The number of carbonyl (C=O) groups excluding carboxylic acids is 1. The largest absolute Gasteiger partial charge is 0.497 e. The first-order valence-corrected chi connectivity index (χ1v) is 8.72. The lowest BCUT2D eigenvalue weighted by molar-refractivity contribution is -0.117. The van der Waals surface area contributed by atoms with Crippen LogP contribution in [0.4, 0.5) is 5.13 Å². The lowest BCUT2D eigenvalue weighted by Gasteiger charge is -2.11. The number of nitrogens with zero attached hydrogens (tertiary/aromatic N) is 4. The van der Waals surface area contributed by atoms with Gasteiger partial charge in [-0.25, -0.2) is 4.68 Å². The molecule has 2 aromatic heterocycles. The SMILES string of the molecule is COc1ccc(-c2ccc(=O)n(CC(=O)Nc3nnc(C)s3)n2)c(OC)c1. The molecule has 0 unspecified atom stereocenters. The van der Waals surface area contributed by atoms with Crippen molar-refractivity contribution in [3.8, 4) is 22.8 Å². The minimum Gasteiger partial charge on any atom is -0.497 e. The molecule has 0 aliphatic carbocycles. The summed E-state index contributed by atoms with van der Waals surface area (Å²) in [4.78, 5) is 24.3. The zero-order chi connectivity index (χ0) is 19.4. The summed E-state index contributed by atoms with van der Waals surface area (Å²) in [5.74, 6) is 0.760. The molecule has 9 nitrogen and oxygen atoms in total. The molecule has 2 heterocycles. The van der Waals surface area contributed by atoms with Crippen LogP contribution in [0.15, 0.2) is 35.1 Å². The summed E-state index contributed by atoms with van der Waals surface area (Å²) in [5, 5.41) is 15.6. The molecular formula is C17H17N5O4S. The number of ether oxygens (including phenoxy) is 2. The van der Waals surface area contributed by atoms with Crippen LogP contribution in [0, 0.1) is 6.92 Å². The van der Waals surface area contributed by atoms with Crippen LogP contribution in [-0.2, 0) is 11.3 Å². The third-order valence-corrected chi connectivity index (χ3v) is 4.37. The van der Waals surface area contributed by atoms with Crippen molar-refractivity contribution in [2.75, 3.05) is 19.5 Å². The fourth-order valence-corrected chi connectivity index (χ4v) is 2.97. The van der Waals surface area contributed by atoms with Crippen molar-refractivity contribution in [3.63, 3.8) is 0 Å². The Morgan fingerprint density at radius 2 is 2.00 bits per heavy atom. The van der Waals surface area contributed by atoms with Crippen LogP contribution in [0.2, 0.25) is 0 Å². The van der Waals surface area contributed by atoms with Gasteiger partial charge in [-0.3, -0.25) is 14.9 Å². The molecule has 27 heavy (non-hydrogen) atoms. The van der Waals surface area contributed by atoms with E-state index in [0.29, 0.717) is 27.9 Å². The molecule has 1 amide bonds. The van der Waals surface area contributed by atoms with Gasteiger partial charge in [0.25, 0.3) is 5.56 Å². The second-order valence-corrected chi connectivity index (χ2v) is 6.64. The Morgan fingerprint density at radius 1 is 1.19 bits per heavy atom. The molecule has 0 bridgehead atoms. The summed E-state index contributed by atoms with van der Waals surface area (Å²) < 4.78 is 11.6. The predicted molar refractivity (Wildman–Crippen MR) is 100 cm³/mol. The third kappa shape index (κ3) is 4.29. The van der Waals surface area contributed by atoms with Crippen molar-refractivity contribution in [3.05, 3.63) is 45.7 Å². The van der Waals surface area contributed by atoms with Crippen molar-refractivity contribution in [2.24, 2.45) is 0 Å². The van der Waals surface area contributed by atoms with Crippen molar-refractivity contribution in [1.82, 2.24) is 20.0 Å². The third-order valence-electron chi connectivity index (χ3n) is 3.62. The maximum Gasteiger partial charge on any atom is 0.267 e. The molecule has 0 radical (unpaired) electrons. The molecule has 1 aromatic carbocycles. The number of methoxy groups -OCH3 is 2. The fourth-order valence-electron chi connectivity index (χ4n) is 2.36. The van der Waals surface area contributed by atoms with Gasteiger partial charge in [0.2, 0.25) is 11.0 Å². The molecule has 3 rings (SSSR count). The normalized spacial score (nSPS) is 10.5. The smallest absolute Gasteiger partial charge is 0.267 e. The van der Waals surface area contributed by atoms with Crippen LogP contribution in [0.5, 0.6) is 11.5 Å². The maximum absolute atomic E-state index is 12.2. The molecular weight excluding hydrogens is 370 g/mol. The second-order valence-electron chi connectivity index (χ2n) is 5.46. The molecule has 0 aliphatic heterocycles. The molecule has 3 aromatic rings. The number of amides is 1. The molecule has 0 atom stereocenters. The van der Waals surface area contributed by atoms with Crippen molar-refractivity contribution in [2.45, 2.75) is 13.5 Å². The van der Waals surface area contributed by atoms with Crippen LogP contribution < -0.4 is 20.3 Å². The molecule has 0 aliphatic rings. The summed E-state index contributed by atoms with van der Waals surface area (Å²) in [7, 11) is 3.09. The highest BCUT2D eigenvalue weighted by Gasteiger charge is 2.13. The monoisotopic (exact) mass is 387 g/mol. The van der Waals surface area contributed by atoms with Gasteiger partial charge in [0.1, 0.15) is 23.1 Å². The number of anilines is 1. The van der Waals surface area contributed by atoms with E-state index in [2.05, 4.69) is 20.6 Å². The minimum absolute atomic E-state index is 0.246. The van der Waals surface area contributed by atoms with Gasteiger partial charge in [-0.05, 0) is 25.1 Å². The Hall–Kier alpha value is -3.27. The lowest BCUT2D eigenvalue weighted by Crippen LogP contribution is -2.29.